The molecule has 0 bridgehead atoms. The molecule has 1 heteroatoms. The lowest BCUT2D eigenvalue weighted by molar-refractivity contribution is 0.400. The summed E-state index contributed by atoms with van der Waals surface area (Å²) >= 11 is 0. The van der Waals surface area contributed by atoms with E-state index in [2.05, 4.69) is 6.92 Å². The van der Waals surface area contributed by atoms with Gasteiger partial charge in [0.05, 0.1) is 0 Å². The van der Waals surface area contributed by atoms with Gasteiger partial charge in [-0.25, -0.2) is 0 Å². The van der Waals surface area contributed by atoms with Crippen molar-refractivity contribution in [3.8, 4) is 0 Å². The van der Waals surface area contributed by atoms with Gasteiger partial charge >= 0.3 is 0 Å². The summed E-state index contributed by atoms with van der Waals surface area (Å²) in [5.41, 5.74) is 6.07. The fourth-order valence-corrected chi connectivity index (χ4v) is 2.06. The number of nitrogens with two attached hydrogens (primary N) is 1. The van der Waals surface area contributed by atoms with Crippen molar-refractivity contribution in [2.75, 3.05) is 0 Å². The molecule has 0 aromatic carbocycles. The highest BCUT2D eigenvalue weighted by Gasteiger charge is 2.20. The van der Waals surface area contributed by atoms with E-state index in [4.69, 9.17) is 5.73 Å². The second-order valence-electron chi connectivity index (χ2n) is 3.85. The largest absolute Gasteiger partial charge is 0.327 e. The first-order valence-corrected chi connectivity index (χ1v) is 5.10. The molecule has 0 aromatic rings. The van der Waals surface area contributed by atoms with Gasteiger partial charge in [-0.3, -0.25) is 0 Å². The molecule has 0 saturated heterocycles. The number of unbranched alkanes of at least 4 members (excludes halogenated alkanes) is 1. The number of hydrogen-bond donors (Lipinski definition) is 1. The number of rotatable bonds is 4. The van der Waals surface area contributed by atoms with Crippen molar-refractivity contribution in [2.24, 2.45) is 11.7 Å². The second kappa shape index (κ2) is 4.76. The topological polar surface area (TPSA) is 26.0 Å². The van der Waals surface area contributed by atoms with Crippen LogP contribution >= 0.6 is 0 Å². The molecule has 2 N–H and O–H groups in total. The highest BCUT2D eigenvalue weighted by molar-refractivity contribution is 4.77. The number of hydrogen-bond acceptors (Lipinski definition) is 1. The molecule has 11 heavy (non-hydrogen) atoms. The van der Waals surface area contributed by atoms with Crippen LogP contribution < -0.4 is 5.73 Å². The fraction of sp³-hybridized carbons (Fsp3) is 1.00. The summed E-state index contributed by atoms with van der Waals surface area (Å²) in [6, 6.07) is 0.512. The summed E-state index contributed by atoms with van der Waals surface area (Å²) in [6.45, 7) is 2.24. The van der Waals surface area contributed by atoms with E-state index in [0.29, 0.717) is 6.04 Å². The molecule has 0 radical (unpaired) electrons. The average Bonchev–Trinajstić information content (AvgIpc) is 2.52. The Labute approximate surface area is 70.4 Å². The van der Waals surface area contributed by atoms with Crippen LogP contribution in [0.1, 0.15) is 51.9 Å². The van der Waals surface area contributed by atoms with Gasteiger partial charge in [0.15, 0.2) is 0 Å². The molecule has 1 saturated carbocycles. The van der Waals surface area contributed by atoms with E-state index in [1.165, 1.54) is 44.9 Å². The first-order valence-electron chi connectivity index (χ1n) is 5.10. The van der Waals surface area contributed by atoms with Gasteiger partial charge in [0, 0.05) is 6.04 Å². The predicted octanol–water partition coefficient (Wildman–Crippen LogP) is 2.69. The van der Waals surface area contributed by atoms with Gasteiger partial charge < -0.3 is 5.73 Å². The smallest absolute Gasteiger partial charge is 0.00671 e. The maximum atomic E-state index is 6.07. The quantitative estimate of drug-likeness (QED) is 0.663. The highest BCUT2D eigenvalue weighted by Crippen LogP contribution is 2.28. The summed E-state index contributed by atoms with van der Waals surface area (Å²) in [5, 5.41) is 0. The molecule has 1 nitrogen and oxygen atoms in total. The van der Waals surface area contributed by atoms with Gasteiger partial charge in [0.1, 0.15) is 0 Å². The standard InChI is InChI=1S/C10H21N/c1-2-3-8-10(11)9-6-4-5-7-9/h9-10H,2-8,11H2,1H3. The van der Waals surface area contributed by atoms with Crippen LogP contribution in [0.5, 0.6) is 0 Å². The minimum absolute atomic E-state index is 0.512. The van der Waals surface area contributed by atoms with E-state index >= 15 is 0 Å². The SMILES string of the molecule is CCCCC(N)C1CCCC1. The van der Waals surface area contributed by atoms with E-state index < -0.39 is 0 Å². The van der Waals surface area contributed by atoms with E-state index in [1.807, 2.05) is 0 Å². The molecule has 0 aromatic heterocycles. The summed E-state index contributed by atoms with van der Waals surface area (Å²) in [4.78, 5) is 0. The van der Waals surface area contributed by atoms with Crippen molar-refractivity contribution in [3.63, 3.8) is 0 Å². The molecule has 66 valence electrons. The van der Waals surface area contributed by atoms with Crippen LogP contribution in [-0.4, -0.2) is 6.04 Å². The Bertz CT molecular complexity index is 95.0. The van der Waals surface area contributed by atoms with Gasteiger partial charge in [-0.15, -0.1) is 0 Å². The summed E-state index contributed by atoms with van der Waals surface area (Å²) < 4.78 is 0. The lowest BCUT2D eigenvalue weighted by atomic mass is 9.95. The monoisotopic (exact) mass is 155 g/mol. The molecular weight excluding hydrogens is 134 g/mol. The summed E-state index contributed by atoms with van der Waals surface area (Å²) in [7, 11) is 0. The highest BCUT2D eigenvalue weighted by atomic mass is 14.6. The Morgan fingerprint density at radius 1 is 1.36 bits per heavy atom. The van der Waals surface area contributed by atoms with E-state index in [9.17, 15) is 0 Å². The molecule has 0 heterocycles. The first-order chi connectivity index (χ1) is 5.34. The van der Waals surface area contributed by atoms with Gasteiger partial charge in [0.2, 0.25) is 0 Å². The zero-order valence-electron chi connectivity index (χ0n) is 7.68. The zero-order valence-corrected chi connectivity index (χ0v) is 7.68. The first kappa shape index (κ1) is 9.05. The van der Waals surface area contributed by atoms with Crippen molar-refractivity contribution >= 4 is 0 Å². The maximum absolute atomic E-state index is 6.07. The van der Waals surface area contributed by atoms with Crippen LogP contribution in [0.4, 0.5) is 0 Å². The Balaban J connectivity index is 2.12. The minimum atomic E-state index is 0.512. The van der Waals surface area contributed by atoms with Crippen LogP contribution in [0, 0.1) is 5.92 Å². The van der Waals surface area contributed by atoms with Crippen molar-refractivity contribution in [3.05, 3.63) is 0 Å². The van der Waals surface area contributed by atoms with Crippen LogP contribution in [0.15, 0.2) is 0 Å². The molecule has 1 atom stereocenters. The van der Waals surface area contributed by atoms with E-state index in [-0.39, 0.29) is 0 Å². The second-order valence-corrected chi connectivity index (χ2v) is 3.85. The molecule has 1 aliphatic carbocycles. The summed E-state index contributed by atoms with van der Waals surface area (Å²) in [6.07, 6.45) is 9.49. The predicted molar refractivity (Wildman–Crippen MR) is 49.5 cm³/mol. The van der Waals surface area contributed by atoms with Crippen molar-refractivity contribution in [2.45, 2.75) is 57.9 Å². The van der Waals surface area contributed by atoms with Crippen LogP contribution in [0.2, 0.25) is 0 Å². The lowest BCUT2D eigenvalue weighted by Gasteiger charge is -2.17. The molecule has 1 fully saturated rings. The van der Waals surface area contributed by atoms with Crippen LogP contribution in [0.3, 0.4) is 0 Å². The van der Waals surface area contributed by atoms with Crippen molar-refractivity contribution < 1.29 is 0 Å². The average molecular weight is 155 g/mol. The normalized spacial score (nSPS) is 22.4. The van der Waals surface area contributed by atoms with E-state index in [0.717, 1.165) is 5.92 Å². The molecule has 1 unspecified atom stereocenters. The molecule has 0 amide bonds. The molecular formula is C10H21N. The van der Waals surface area contributed by atoms with E-state index in [1.54, 1.807) is 0 Å². The molecule has 0 aliphatic heterocycles. The molecule has 1 aliphatic rings. The minimum Gasteiger partial charge on any atom is -0.327 e. The van der Waals surface area contributed by atoms with Gasteiger partial charge in [-0.1, -0.05) is 32.6 Å². The Kier molecular flexibility index (Phi) is 3.92. The third-order valence-corrected chi connectivity index (χ3v) is 2.90. The Morgan fingerprint density at radius 2 is 2.00 bits per heavy atom. The zero-order chi connectivity index (χ0) is 8.10. The fourth-order valence-electron chi connectivity index (χ4n) is 2.06. The van der Waals surface area contributed by atoms with Crippen molar-refractivity contribution in [1.82, 2.24) is 0 Å². The van der Waals surface area contributed by atoms with Crippen LogP contribution in [-0.2, 0) is 0 Å². The van der Waals surface area contributed by atoms with Gasteiger partial charge in [-0.05, 0) is 25.2 Å². The molecule has 0 spiro atoms. The third-order valence-electron chi connectivity index (χ3n) is 2.90. The Hall–Kier alpha value is -0.0400. The van der Waals surface area contributed by atoms with Gasteiger partial charge in [-0.2, -0.15) is 0 Å². The third kappa shape index (κ3) is 2.82. The lowest BCUT2D eigenvalue weighted by Crippen LogP contribution is -2.27. The van der Waals surface area contributed by atoms with Gasteiger partial charge in [0.25, 0.3) is 0 Å². The van der Waals surface area contributed by atoms with Crippen LogP contribution in [0.25, 0.3) is 0 Å². The summed E-state index contributed by atoms with van der Waals surface area (Å²) in [5.74, 6) is 0.863. The maximum Gasteiger partial charge on any atom is 0.00671 e. The Morgan fingerprint density at radius 3 is 2.55 bits per heavy atom. The van der Waals surface area contributed by atoms with Crippen molar-refractivity contribution in [1.29, 1.82) is 0 Å². The molecule has 1 rings (SSSR count).